The number of nitrogens with zero attached hydrogens (tertiary/aromatic N) is 4. The fraction of sp³-hybridized carbons (Fsp3) is 0.350. The highest BCUT2D eigenvalue weighted by Crippen LogP contribution is 2.45. The Labute approximate surface area is 164 Å². The third-order valence-electron chi connectivity index (χ3n) is 4.85. The summed E-state index contributed by atoms with van der Waals surface area (Å²) in [6, 6.07) is 9.79. The molecule has 1 atom stereocenters. The van der Waals surface area contributed by atoms with E-state index in [2.05, 4.69) is 11.1 Å². The van der Waals surface area contributed by atoms with Crippen LogP contribution in [0.5, 0.6) is 0 Å². The second-order valence-electron chi connectivity index (χ2n) is 6.48. The van der Waals surface area contributed by atoms with Crippen LogP contribution >= 0.6 is 11.8 Å². The lowest BCUT2D eigenvalue weighted by Gasteiger charge is -2.36. The van der Waals surface area contributed by atoms with Crippen molar-refractivity contribution in [3.63, 3.8) is 0 Å². The molecule has 2 heterocycles. The highest BCUT2D eigenvalue weighted by Gasteiger charge is 2.42. The summed E-state index contributed by atoms with van der Waals surface area (Å²) >= 11 is 1.25. The Kier molecular flexibility index (Phi) is 5.29. The lowest BCUT2D eigenvalue weighted by molar-refractivity contribution is -0.127. The molecular formula is C20H23N5OS. The number of allylic oxidation sites excluding steroid dienone is 2. The fourth-order valence-electron chi connectivity index (χ4n) is 3.36. The number of carbonyl (C=O) groups is 1. The number of benzene rings is 1. The summed E-state index contributed by atoms with van der Waals surface area (Å²) < 4.78 is 0. The average molecular weight is 382 g/mol. The zero-order valence-electron chi connectivity index (χ0n) is 16.0. The molecular weight excluding hydrogens is 358 g/mol. The van der Waals surface area contributed by atoms with Gasteiger partial charge in [0.25, 0.3) is 5.91 Å². The zero-order valence-corrected chi connectivity index (χ0v) is 16.8. The zero-order chi connectivity index (χ0) is 19.7. The Morgan fingerprint density at radius 3 is 2.48 bits per heavy atom. The van der Waals surface area contributed by atoms with Gasteiger partial charge < -0.3 is 10.6 Å². The van der Waals surface area contributed by atoms with E-state index in [1.54, 1.807) is 4.90 Å². The number of fused-ring (bicyclic) bond motifs is 1. The number of thioether (sulfide) groups is 1. The van der Waals surface area contributed by atoms with Crippen LogP contribution in [-0.2, 0) is 4.79 Å². The van der Waals surface area contributed by atoms with E-state index in [1.165, 1.54) is 11.8 Å². The highest BCUT2D eigenvalue weighted by atomic mass is 32.2. The number of likely N-dealkylation sites (N-methyl/N-ethyl adjacent to an activating group) is 1. The molecule has 1 amide bonds. The van der Waals surface area contributed by atoms with Crippen LogP contribution in [0.15, 0.2) is 51.3 Å². The van der Waals surface area contributed by atoms with Crippen LogP contribution < -0.4 is 5.73 Å². The minimum atomic E-state index is -0.399. The van der Waals surface area contributed by atoms with E-state index >= 15 is 0 Å². The maximum Gasteiger partial charge on any atom is 0.254 e. The number of aliphatic imine (C=N–C) groups is 1. The molecule has 27 heavy (non-hydrogen) atoms. The summed E-state index contributed by atoms with van der Waals surface area (Å²) in [4.78, 5) is 21.9. The summed E-state index contributed by atoms with van der Waals surface area (Å²) in [6.07, 6.45) is 0. The van der Waals surface area contributed by atoms with Crippen LogP contribution in [0.4, 0.5) is 0 Å². The van der Waals surface area contributed by atoms with Crippen LogP contribution in [0.3, 0.4) is 0 Å². The van der Waals surface area contributed by atoms with Crippen molar-refractivity contribution in [1.82, 2.24) is 9.80 Å². The van der Waals surface area contributed by atoms with Crippen molar-refractivity contribution < 1.29 is 4.79 Å². The van der Waals surface area contributed by atoms with E-state index < -0.39 is 6.04 Å². The summed E-state index contributed by atoms with van der Waals surface area (Å²) in [7, 11) is 0. The van der Waals surface area contributed by atoms with Gasteiger partial charge in [0.2, 0.25) is 0 Å². The van der Waals surface area contributed by atoms with Gasteiger partial charge in [-0.1, -0.05) is 29.8 Å². The van der Waals surface area contributed by atoms with Gasteiger partial charge in [-0.3, -0.25) is 9.69 Å². The summed E-state index contributed by atoms with van der Waals surface area (Å²) in [6.45, 7) is 9.03. The highest BCUT2D eigenvalue weighted by molar-refractivity contribution is 8.17. The average Bonchev–Trinajstić information content (AvgIpc) is 2.97. The van der Waals surface area contributed by atoms with Gasteiger partial charge >= 0.3 is 0 Å². The molecule has 0 saturated carbocycles. The maximum absolute atomic E-state index is 13.3. The predicted molar refractivity (Wildman–Crippen MR) is 108 cm³/mol. The van der Waals surface area contributed by atoms with Gasteiger partial charge in [-0.15, -0.1) is 0 Å². The SMILES string of the molecule is CCN(CC)C(=O)C1=C(C)N=C2SC(C#N)=C(N)N2[C@H]1c1ccc(C)cc1. The van der Waals surface area contributed by atoms with Gasteiger partial charge in [0.15, 0.2) is 5.17 Å². The van der Waals surface area contributed by atoms with Crippen LogP contribution in [0.25, 0.3) is 0 Å². The third kappa shape index (κ3) is 3.21. The molecule has 0 aromatic heterocycles. The lowest BCUT2D eigenvalue weighted by atomic mass is 9.93. The lowest BCUT2D eigenvalue weighted by Crippen LogP contribution is -2.42. The van der Waals surface area contributed by atoms with E-state index in [0.717, 1.165) is 11.1 Å². The first-order chi connectivity index (χ1) is 12.9. The van der Waals surface area contributed by atoms with Crippen LogP contribution in [0, 0.1) is 18.3 Å². The standard InChI is InChI=1S/C20H23N5OS/c1-5-24(6-2)19(26)16-13(4)23-20-25(18(22)15(11-21)27-20)17(16)14-9-7-12(3)8-10-14/h7-10,17H,5-6,22H2,1-4H3/t17-/m0/s1. The molecule has 7 heteroatoms. The monoisotopic (exact) mass is 381 g/mol. The first-order valence-corrected chi connectivity index (χ1v) is 9.76. The first kappa shape index (κ1) is 19.1. The number of carbonyl (C=O) groups excluding carboxylic acids is 1. The number of aryl methyl sites for hydroxylation is 1. The largest absolute Gasteiger partial charge is 0.383 e. The van der Waals surface area contributed by atoms with E-state index in [9.17, 15) is 10.1 Å². The Hall–Kier alpha value is -2.72. The van der Waals surface area contributed by atoms with Crippen LogP contribution in [0.2, 0.25) is 0 Å². The molecule has 0 unspecified atom stereocenters. The van der Waals surface area contributed by atoms with Gasteiger partial charge in [0, 0.05) is 13.1 Å². The van der Waals surface area contributed by atoms with E-state index in [1.807, 2.05) is 56.9 Å². The van der Waals surface area contributed by atoms with E-state index in [4.69, 9.17) is 5.73 Å². The molecule has 1 aromatic carbocycles. The molecule has 0 bridgehead atoms. The molecule has 0 aliphatic carbocycles. The Bertz CT molecular complexity index is 903. The molecule has 2 N–H and O–H groups in total. The maximum atomic E-state index is 13.3. The van der Waals surface area contributed by atoms with Crippen molar-refractivity contribution in [3.8, 4) is 6.07 Å². The van der Waals surface area contributed by atoms with Gasteiger partial charge in [-0.25, -0.2) is 4.99 Å². The summed E-state index contributed by atoms with van der Waals surface area (Å²) in [5.41, 5.74) is 9.65. The van der Waals surface area contributed by atoms with Gasteiger partial charge in [0.05, 0.1) is 17.3 Å². The van der Waals surface area contributed by atoms with Gasteiger partial charge in [0.1, 0.15) is 16.8 Å². The molecule has 0 saturated heterocycles. The molecule has 1 aromatic rings. The fourth-order valence-corrected chi connectivity index (χ4v) is 4.28. The molecule has 2 aliphatic heterocycles. The Morgan fingerprint density at radius 2 is 1.93 bits per heavy atom. The minimum absolute atomic E-state index is 0.0471. The van der Waals surface area contributed by atoms with Crippen LogP contribution in [0.1, 0.15) is 37.9 Å². The molecule has 0 radical (unpaired) electrons. The normalized spacial score (nSPS) is 19.0. The van der Waals surface area contributed by atoms with Crippen LogP contribution in [-0.4, -0.2) is 34.0 Å². The molecule has 3 rings (SSSR count). The Morgan fingerprint density at radius 1 is 1.30 bits per heavy atom. The number of hydrogen-bond donors (Lipinski definition) is 1. The number of amides is 1. The number of nitriles is 1. The van der Waals surface area contributed by atoms with E-state index in [0.29, 0.717) is 40.3 Å². The smallest absolute Gasteiger partial charge is 0.254 e. The van der Waals surface area contributed by atoms with Crippen molar-refractivity contribution in [2.45, 2.75) is 33.7 Å². The second kappa shape index (κ2) is 7.49. The topological polar surface area (TPSA) is 85.7 Å². The number of rotatable bonds is 4. The Balaban J connectivity index is 2.19. The predicted octanol–water partition coefficient (Wildman–Crippen LogP) is 3.25. The van der Waals surface area contributed by atoms with E-state index in [-0.39, 0.29) is 5.91 Å². The molecule has 0 fully saturated rings. The molecule has 0 spiro atoms. The third-order valence-corrected chi connectivity index (χ3v) is 5.83. The number of nitrogens with two attached hydrogens (primary N) is 1. The minimum Gasteiger partial charge on any atom is -0.383 e. The first-order valence-electron chi connectivity index (χ1n) is 8.95. The quantitative estimate of drug-likeness (QED) is 0.865. The molecule has 140 valence electrons. The van der Waals surface area contributed by atoms with Gasteiger partial charge in [-0.05, 0) is 45.0 Å². The molecule has 2 aliphatic rings. The van der Waals surface area contributed by atoms with Gasteiger partial charge in [-0.2, -0.15) is 5.26 Å². The summed E-state index contributed by atoms with van der Waals surface area (Å²) in [5, 5.41) is 10.0. The van der Waals surface area contributed by atoms with Crippen molar-refractivity contribution in [1.29, 1.82) is 5.26 Å². The van der Waals surface area contributed by atoms with Crippen molar-refractivity contribution in [2.24, 2.45) is 10.7 Å². The second-order valence-corrected chi connectivity index (χ2v) is 7.46. The number of amidine groups is 1. The van der Waals surface area contributed by atoms with Crippen molar-refractivity contribution in [3.05, 3.63) is 57.4 Å². The van der Waals surface area contributed by atoms with Crippen molar-refractivity contribution >= 4 is 22.8 Å². The summed E-state index contributed by atoms with van der Waals surface area (Å²) in [5.74, 6) is 0.304. The van der Waals surface area contributed by atoms with Crippen molar-refractivity contribution in [2.75, 3.05) is 13.1 Å². The molecule has 6 nitrogen and oxygen atoms in total. The number of hydrogen-bond acceptors (Lipinski definition) is 6.